The second kappa shape index (κ2) is 10.9. The lowest BCUT2D eigenvalue weighted by molar-refractivity contribution is 0.0953. The Hall–Kier alpha value is -2.43. The van der Waals surface area contributed by atoms with Gasteiger partial charge in [-0.1, -0.05) is 35.9 Å². The summed E-state index contributed by atoms with van der Waals surface area (Å²) in [6.45, 7) is 0.652. The Morgan fingerprint density at radius 2 is 1.59 bits per heavy atom. The quantitative estimate of drug-likeness (QED) is 0.337. The lowest BCUT2D eigenvalue weighted by Gasteiger charge is -2.07. The number of thioether (sulfide) groups is 1. The van der Waals surface area contributed by atoms with Gasteiger partial charge in [-0.05, 0) is 72.5 Å². The van der Waals surface area contributed by atoms with Gasteiger partial charge in [0.25, 0.3) is 5.91 Å². The van der Waals surface area contributed by atoms with Crippen LogP contribution in [0.15, 0.2) is 77.7 Å². The largest absolute Gasteiger partial charge is 0.497 e. The second-order valence-corrected chi connectivity index (χ2v) is 8.13. The number of nitrogens with one attached hydrogen (secondary N) is 1. The molecule has 0 aromatic heterocycles. The van der Waals surface area contributed by atoms with E-state index in [1.165, 1.54) is 16.0 Å². The van der Waals surface area contributed by atoms with E-state index in [9.17, 15) is 4.79 Å². The van der Waals surface area contributed by atoms with Gasteiger partial charge in [0.15, 0.2) is 0 Å². The molecule has 0 aliphatic rings. The summed E-state index contributed by atoms with van der Waals surface area (Å²) in [6, 6.07) is 23.6. The van der Waals surface area contributed by atoms with Gasteiger partial charge in [-0.2, -0.15) is 0 Å². The Kier molecular flexibility index (Phi) is 8.03. The van der Waals surface area contributed by atoms with Gasteiger partial charge in [0.2, 0.25) is 0 Å². The molecule has 0 saturated carbocycles. The van der Waals surface area contributed by atoms with Crippen molar-refractivity contribution in [3.8, 4) is 5.75 Å². The van der Waals surface area contributed by atoms with Crippen molar-refractivity contribution in [2.45, 2.75) is 23.5 Å². The first kappa shape index (κ1) is 21.3. The van der Waals surface area contributed by atoms with Gasteiger partial charge < -0.3 is 10.1 Å². The van der Waals surface area contributed by atoms with Crippen molar-refractivity contribution in [1.29, 1.82) is 0 Å². The lowest BCUT2D eigenvalue weighted by Crippen LogP contribution is -2.24. The van der Waals surface area contributed by atoms with Gasteiger partial charge in [-0.3, -0.25) is 4.79 Å². The van der Waals surface area contributed by atoms with Crippen LogP contribution in [-0.4, -0.2) is 19.6 Å². The molecule has 5 heteroatoms. The maximum absolute atomic E-state index is 12.3. The number of aryl methyl sites for hydroxylation is 1. The molecule has 3 nitrogen and oxygen atoms in total. The Balaban J connectivity index is 1.40. The molecule has 0 atom stereocenters. The number of halogens is 1. The minimum absolute atomic E-state index is 0.0309. The third-order valence-corrected chi connectivity index (χ3v) is 5.86. The highest BCUT2D eigenvalue weighted by atomic mass is 35.5. The molecule has 0 radical (unpaired) electrons. The fraction of sp³-hybridized carbons (Fsp3) is 0.208. The number of rotatable bonds is 9. The molecule has 0 aliphatic carbocycles. The van der Waals surface area contributed by atoms with Crippen molar-refractivity contribution in [2.24, 2.45) is 0 Å². The number of hydrogen-bond acceptors (Lipinski definition) is 3. The SMILES string of the molecule is COc1ccc(CCCNC(=O)c2ccc(CSc3ccc(Cl)cc3)cc2)cc1. The van der Waals surface area contributed by atoms with Crippen LogP contribution in [0.25, 0.3) is 0 Å². The maximum atomic E-state index is 12.3. The van der Waals surface area contributed by atoms with Gasteiger partial charge in [-0.15, -0.1) is 11.8 Å². The summed E-state index contributed by atoms with van der Waals surface area (Å²) >= 11 is 7.66. The van der Waals surface area contributed by atoms with E-state index in [0.29, 0.717) is 12.1 Å². The van der Waals surface area contributed by atoms with Gasteiger partial charge in [-0.25, -0.2) is 0 Å². The molecular weight excluding hydrogens is 402 g/mol. The molecule has 1 N–H and O–H groups in total. The second-order valence-electron chi connectivity index (χ2n) is 6.65. The van der Waals surface area contributed by atoms with Crippen molar-refractivity contribution in [2.75, 3.05) is 13.7 Å². The van der Waals surface area contributed by atoms with Crippen LogP contribution in [0, 0.1) is 0 Å². The summed E-state index contributed by atoms with van der Waals surface area (Å²) in [7, 11) is 1.66. The molecule has 0 saturated heterocycles. The van der Waals surface area contributed by atoms with Crippen LogP contribution >= 0.6 is 23.4 Å². The van der Waals surface area contributed by atoms with Gasteiger partial charge >= 0.3 is 0 Å². The standard InChI is InChI=1S/C24H24ClNO2S/c1-28-22-12-6-18(7-13-22)3-2-16-26-24(27)20-8-4-19(5-9-20)17-29-23-14-10-21(25)11-15-23/h4-15H,2-3,16-17H2,1H3,(H,26,27). The number of ether oxygens (including phenoxy) is 1. The van der Waals surface area contributed by atoms with Crippen LogP contribution < -0.4 is 10.1 Å². The number of carbonyl (C=O) groups is 1. The molecule has 3 rings (SSSR count). The predicted molar refractivity (Wildman–Crippen MR) is 121 cm³/mol. The van der Waals surface area contributed by atoms with Crippen molar-refractivity contribution in [3.63, 3.8) is 0 Å². The smallest absolute Gasteiger partial charge is 0.251 e. The third-order valence-electron chi connectivity index (χ3n) is 4.52. The minimum Gasteiger partial charge on any atom is -0.497 e. The molecule has 3 aromatic carbocycles. The number of methoxy groups -OCH3 is 1. The number of hydrogen-bond donors (Lipinski definition) is 1. The van der Waals surface area contributed by atoms with E-state index in [-0.39, 0.29) is 5.91 Å². The Morgan fingerprint density at radius 1 is 0.931 bits per heavy atom. The number of amides is 1. The number of carbonyl (C=O) groups excluding carboxylic acids is 1. The van der Waals surface area contributed by atoms with Crippen molar-refractivity contribution >= 4 is 29.3 Å². The van der Waals surface area contributed by atoms with Crippen molar-refractivity contribution in [1.82, 2.24) is 5.32 Å². The highest BCUT2D eigenvalue weighted by Gasteiger charge is 2.05. The van der Waals surface area contributed by atoms with E-state index < -0.39 is 0 Å². The maximum Gasteiger partial charge on any atom is 0.251 e. The van der Waals surface area contributed by atoms with Crippen LogP contribution in [0.4, 0.5) is 0 Å². The minimum atomic E-state index is -0.0309. The average molecular weight is 426 g/mol. The predicted octanol–water partition coefficient (Wildman–Crippen LogP) is 6.00. The lowest BCUT2D eigenvalue weighted by atomic mass is 10.1. The Morgan fingerprint density at radius 3 is 2.24 bits per heavy atom. The van der Waals surface area contributed by atoms with E-state index in [1.807, 2.05) is 60.7 Å². The first-order valence-corrected chi connectivity index (χ1v) is 10.9. The zero-order chi connectivity index (χ0) is 20.5. The molecule has 1 amide bonds. The topological polar surface area (TPSA) is 38.3 Å². The van der Waals surface area contributed by atoms with Crippen LogP contribution in [0.5, 0.6) is 5.75 Å². The monoisotopic (exact) mass is 425 g/mol. The highest BCUT2D eigenvalue weighted by Crippen LogP contribution is 2.24. The Bertz CT molecular complexity index is 909. The summed E-state index contributed by atoms with van der Waals surface area (Å²) in [5.74, 6) is 1.68. The van der Waals surface area contributed by atoms with E-state index in [2.05, 4.69) is 17.4 Å². The summed E-state index contributed by atoms with van der Waals surface area (Å²) in [6.07, 6.45) is 1.82. The average Bonchev–Trinajstić information content (AvgIpc) is 2.77. The molecule has 29 heavy (non-hydrogen) atoms. The summed E-state index contributed by atoms with van der Waals surface area (Å²) in [4.78, 5) is 13.5. The van der Waals surface area contributed by atoms with E-state index >= 15 is 0 Å². The fourth-order valence-electron chi connectivity index (χ4n) is 2.84. The molecule has 0 aliphatic heterocycles. The number of benzene rings is 3. The first-order chi connectivity index (χ1) is 14.1. The van der Waals surface area contributed by atoms with Gasteiger partial charge in [0, 0.05) is 27.8 Å². The van der Waals surface area contributed by atoms with Crippen LogP contribution in [-0.2, 0) is 12.2 Å². The molecular formula is C24H24ClNO2S. The molecule has 150 valence electrons. The molecule has 0 bridgehead atoms. The van der Waals surface area contributed by atoms with E-state index in [4.69, 9.17) is 16.3 Å². The van der Waals surface area contributed by atoms with Crippen molar-refractivity contribution in [3.05, 3.63) is 94.5 Å². The normalized spacial score (nSPS) is 10.6. The fourth-order valence-corrected chi connectivity index (χ4v) is 3.82. The first-order valence-electron chi connectivity index (χ1n) is 9.52. The molecule has 3 aromatic rings. The molecule has 0 heterocycles. The summed E-state index contributed by atoms with van der Waals surface area (Å²) in [5.41, 5.74) is 3.11. The zero-order valence-corrected chi connectivity index (χ0v) is 17.9. The van der Waals surface area contributed by atoms with Crippen LogP contribution in [0.2, 0.25) is 5.02 Å². The third kappa shape index (κ3) is 6.84. The molecule has 0 unspecified atom stereocenters. The Labute approximate surface area is 181 Å². The van der Waals surface area contributed by atoms with Gasteiger partial charge in [0.05, 0.1) is 7.11 Å². The summed E-state index contributed by atoms with van der Waals surface area (Å²) in [5, 5.41) is 3.74. The van der Waals surface area contributed by atoms with Crippen molar-refractivity contribution < 1.29 is 9.53 Å². The zero-order valence-electron chi connectivity index (χ0n) is 16.4. The highest BCUT2D eigenvalue weighted by molar-refractivity contribution is 7.98. The van der Waals surface area contributed by atoms with E-state index in [1.54, 1.807) is 18.9 Å². The molecule has 0 fully saturated rings. The van der Waals surface area contributed by atoms with Gasteiger partial charge in [0.1, 0.15) is 5.75 Å². The van der Waals surface area contributed by atoms with E-state index in [0.717, 1.165) is 29.4 Å². The summed E-state index contributed by atoms with van der Waals surface area (Å²) < 4.78 is 5.16. The van der Waals surface area contributed by atoms with Crippen LogP contribution in [0.1, 0.15) is 27.9 Å². The molecule has 0 spiro atoms. The van der Waals surface area contributed by atoms with Crippen LogP contribution in [0.3, 0.4) is 0 Å².